The highest BCUT2D eigenvalue weighted by Crippen LogP contribution is 2.35. The molecule has 0 aliphatic carbocycles. The van der Waals surface area contributed by atoms with Gasteiger partial charge in [-0.2, -0.15) is 0 Å². The first-order chi connectivity index (χ1) is 11.0. The molecule has 126 valence electrons. The zero-order chi connectivity index (χ0) is 17.0. The molecule has 0 N–H and O–H groups in total. The summed E-state index contributed by atoms with van der Waals surface area (Å²) >= 11 is 5.66. The largest absolute Gasteiger partial charge is 0.309 e. The van der Waals surface area contributed by atoms with Crippen LogP contribution in [0.15, 0.2) is 18.2 Å². The second-order valence-corrected chi connectivity index (χ2v) is 6.71. The fourth-order valence-corrected chi connectivity index (χ4v) is 3.48. The molecule has 0 saturated heterocycles. The number of Topliss-reactive ketones (excluding diaryl/α,β-unsaturated/α-hetero) is 1. The molecule has 0 fully saturated rings. The average Bonchev–Trinajstić information content (AvgIpc) is 2.88. The van der Waals surface area contributed by atoms with Crippen LogP contribution < -0.4 is 4.90 Å². The predicted molar refractivity (Wildman–Crippen MR) is 95.5 cm³/mol. The minimum atomic E-state index is 0.0772. The van der Waals surface area contributed by atoms with Crippen molar-refractivity contribution in [1.29, 1.82) is 0 Å². The van der Waals surface area contributed by atoms with Gasteiger partial charge in [0.25, 0.3) is 0 Å². The lowest BCUT2D eigenvalue weighted by Gasteiger charge is -2.26. The first-order valence-electron chi connectivity index (χ1n) is 8.58. The lowest BCUT2D eigenvalue weighted by molar-refractivity contribution is -0.122. The Morgan fingerprint density at radius 3 is 2.61 bits per heavy atom. The van der Waals surface area contributed by atoms with Crippen molar-refractivity contribution < 1.29 is 9.59 Å². The first kappa shape index (κ1) is 18.0. The molecular formula is C19H26ClNO2. The standard InChI is InChI=1S/C19H26ClNO2/c1-4-14(5-2)19(23)21-13(3)11-16-12-15(8-9-17(16)21)18(22)7-6-10-20/h8-9,12-14H,4-7,10-11H2,1-3H3. The molecule has 1 heterocycles. The normalized spacial score (nSPS) is 16.7. The molecule has 1 atom stereocenters. The highest BCUT2D eigenvalue weighted by Gasteiger charge is 2.33. The van der Waals surface area contributed by atoms with E-state index in [-0.39, 0.29) is 23.7 Å². The molecule has 1 aromatic carbocycles. The highest BCUT2D eigenvalue weighted by molar-refractivity contribution is 6.18. The van der Waals surface area contributed by atoms with Crippen LogP contribution in [0, 0.1) is 5.92 Å². The topological polar surface area (TPSA) is 37.4 Å². The molecule has 0 saturated carbocycles. The van der Waals surface area contributed by atoms with E-state index in [9.17, 15) is 9.59 Å². The minimum absolute atomic E-state index is 0.0772. The van der Waals surface area contributed by atoms with Gasteiger partial charge < -0.3 is 4.90 Å². The van der Waals surface area contributed by atoms with E-state index in [1.165, 1.54) is 0 Å². The Labute approximate surface area is 144 Å². The maximum Gasteiger partial charge on any atom is 0.230 e. The molecule has 2 rings (SSSR count). The van der Waals surface area contributed by atoms with Crippen LogP contribution in [0.1, 0.15) is 62.4 Å². The molecule has 0 spiro atoms. The van der Waals surface area contributed by atoms with Gasteiger partial charge >= 0.3 is 0 Å². The number of carbonyl (C=O) groups excluding carboxylic acids is 2. The van der Waals surface area contributed by atoms with Crippen LogP contribution in [-0.2, 0) is 11.2 Å². The van der Waals surface area contributed by atoms with Gasteiger partial charge in [0.15, 0.2) is 5.78 Å². The van der Waals surface area contributed by atoms with Crippen molar-refractivity contribution in [1.82, 2.24) is 0 Å². The Morgan fingerprint density at radius 2 is 2.00 bits per heavy atom. The van der Waals surface area contributed by atoms with E-state index in [1.54, 1.807) is 0 Å². The predicted octanol–water partition coefficient (Wildman–Crippen LogP) is 4.60. The molecule has 3 nitrogen and oxygen atoms in total. The fourth-order valence-electron chi connectivity index (χ4n) is 3.35. The molecule has 4 heteroatoms. The molecule has 1 aliphatic heterocycles. The number of benzene rings is 1. The third kappa shape index (κ3) is 3.77. The summed E-state index contributed by atoms with van der Waals surface area (Å²) < 4.78 is 0. The van der Waals surface area contributed by atoms with Crippen LogP contribution in [0.4, 0.5) is 5.69 Å². The number of carbonyl (C=O) groups is 2. The zero-order valence-corrected chi connectivity index (χ0v) is 15.0. The number of hydrogen-bond acceptors (Lipinski definition) is 2. The van der Waals surface area contributed by atoms with E-state index < -0.39 is 0 Å². The van der Waals surface area contributed by atoms with Crippen LogP contribution in [0.2, 0.25) is 0 Å². The third-order valence-corrected chi connectivity index (χ3v) is 4.99. The van der Waals surface area contributed by atoms with Gasteiger partial charge in [0.05, 0.1) is 0 Å². The summed E-state index contributed by atoms with van der Waals surface area (Å²) in [4.78, 5) is 26.9. The van der Waals surface area contributed by atoms with E-state index in [1.807, 2.05) is 23.1 Å². The van der Waals surface area contributed by atoms with Crippen molar-refractivity contribution in [3.05, 3.63) is 29.3 Å². The van der Waals surface area contributed by atoms with E-state index in [0.29, 0.717) is 18.7 Å². The minimum Gasteiger partial charge on any atom is -0.309 e. The Kier molecular flexibility index (Phi) is 6.23. The smallest absolute Gasteiger partial charge is 0.230 e. The van der Waals surface area contributed by atoms with Crippen molar-refractivity contribution in [2.24, 2.45) is 5.92 Å². The Morgan fingerprint density at radius 1 is 1.30 bits per heavy atom. The van der Waals surface area contributed by atoms with E-state index in [4.69, 9.17) is 11.6 Å². The number of anilines is 1. The Hall–Kier alpha value is -1.35. The summed E-state index contributed by atoms with van der Waals surface area (Å²) in [5.74, 6) is 0.924. The quantitative estimate of drug-likeness (QED) is 0.539. The van der Waals surface area contributed by atoms with E-state index >= 15 is 0 Å². The number of rotatable bonds is 7. The summed E-state index contributed by atoms with van der Waals surface area (Å²) in [7, 11) is 0. The van der Waals surface area contributed by atoms with Crippen LogP contribution in [-0.4, -0.2) is 23.6 Å². The molecular weight excluding hydrogens is 310 g/mol. The monoisotopic (exact) mass is 335 g/mol. The summed E-state index contributed by atoms with van der Waals surface area (Å²) in [5.41, 5.74) is 2.81. The molecule has 0 radical (unpaired) electrons. The second-order valence-electron chi connectivity index (χ2n) is 6.33. The highest BCUT2D eigenvalue weighted by atomic mass is 35.5. The van der Waals surface area contributed by atoms with Gasteiger partial charge in [-0.25, -0.2) is 0 Å². The number of nitrogens with zero attached hydrogens (tertiary/aromatic N) is 1. The zero-order valence-electron chi connectivity index (χ0n) is 14.3. The summed E-state index contributed by atoms with van der Waals surface area (Å²) in [5, 5.41) is 0. The van der Waals surface area contributed by atoms with Gasteiger partial charge in [-0.05, 0) is 56.4 Å². The van der Waals surface area contributed by atoms with Gasteiger partial charge in [0, 0.05) is 35.5 Å². The molecule has 1 unspecified atom stereocenters. The molecule has 0 bridgehead atoms. The van der Waals surface area contributed by atoms with Crippen molar-refractivity contribution in [2.75, 3.05) is 10.8 Å². The Bertz CT molecular complexity index is 581. The third-order valence-electron chi connectivity index (χ3n) is 4.73. The lowest BCUT2D eigenvalue weighted by Crippen LogP contribution is -2.39. The first-order valence-corrected chi connectivity index (χ1v) is 9.12. The molecule has 23 heavy (non-hydrogen) atoms. The van der Waals surface area contributed by atoms with Gasteiger partial charge in [-0.3, -0.25) is 9.59 Å². The summed E-state index contributed by atoms with van der Waals surface area (Å²) in [6.07, 6.45) is 3.73. The molecule has 1 aromatic rings. The van der Waals surface area contributed by atoms with E-state index in [0.717, 1.165) is 36.1 Å². The maximum atomic E-state index is 12.8. The number of halogens is 1. The lowest BCUT2D eigenvalue weighted by atomic mass is 10.0. The molecule has 1 aliphatic rings. The van der Waals surface area contributed by atoms with Crippen molar-refractivity contribution in [3.8, 4) is 0 Å². The number of ketones is 1. The number of amides is 1. The van der Waals surface area contributed by atoms with Crippen molar-refractivity contribution in [2.45, 2.75) is 58.9 Å². The van der Waals surface area contributed by atoms with Crippen LogP contribution in [0.5, 0.6) is 0 Å². The van der Waals surface area contributed by atoms with Gasteiger partial charge in [-0.15, -0.1) is 11.6 Å². The molecule has 1 amide bonds. The van der Waals surface area contributed by atoms with Crippen LogP contribution in [0.3, 0.4) is 0 Å². The average molecular weight is 336 g/mol. The number of fused-ring (bicyclic) bond motifs is 1. The van der Waals surface area contributed by atoms with Gasteiger partial charge in [-0.1, -0.05) is 13.8 Å². The Balaban J connectivity index is 2.24. The van der Waals surface area contributed by atoms with Crippen molar-refractivity contribution in [3.63, 3.8) is 0 Å². The SMILES string of the molecule is CCC(CC)C(=O)N1c2ccc(C(=O)CCCCl)cc2CC1C. The summed E-state index contributed by atoms with van der Waals surface area (Å²) in [6.45, 7) is 6.20. The van der Waals surface area contributed by atoms with E-state index in [2.05, 4.69) is 20.8 Å². The summed E-state index contributed by atoms with van der Waals surface area (Å²) in [6, 6.07) is 5.90. The van der Waals surface area contributed by atoms with Gasteiger partial charge in [0.1, 0.15) is 0 Å². The van der Waals surface area contributed by atoms with Crippen LogP contribution in [0.25, 0.3) is 0 Å². The van der Waals surface area contributed by atoms with Gasteiger partial charge in [0.2, 0.25) is 5.91 Å². The second kappa shape index (κ2) is 7.96. The fraction of sp³-hybridized carbons (Fsp3) is 0.579. The molecule has 0 aromatic heterocycles. The van der Waals surface area contributed by atoms with Crippen LogP contribution >= 0.6 is 11.6 Å². The number of alkyl halides is 1. The van der Waals surface area contributed by atoms with Crippen molar-refractivity contribution >= 4 is 29.0 Å². The maximum absolute atomic E-state index is 12.8. The number of hydrogen-bond donors (Lipinski definition) is 0.